The standard InChI is InChI=1S/C13H16N4O/c1-17-9-7-12(16-17)13(18)15-11-4-2-10(3-5-11)6-8-14/h2-5,7,9H,6,8,14H2,1H3,(H,15,18). The fourth-order valence-corrected chi connectivity index (χ4v) is 1.65. The minimum absolute atomic E-state index is 0.206. The van der Waals surface area contributed by atoms with Gasteiger partial charge in [0.1, 0.15) is 0 Å². The van der Waals surface area contributed by atoms with Crippen LogP contribution < -0.4 is 11.1 Å². The number of rotatable bonds is 4. The molecule has 1 aromatic carbocycles. The van der Waals surface area contributed by atoms with Gasteiger partial charge >= 0.3 is 0 Å². The molecule has 0 aliphatic rings. The molecule has 2 aromatic rings. The summed E-state index contributed by atoms with van der Waals surface area (Å²) in [4.78, 5) is 11.8. The summed E-state index contributed by atoms with van der Waals surface area (Å²) in [6.07, 6.45) is 2.58. The van der Waals surface area contributed by atoms with E-state index >= 15 is 0 Å². The maximum absolute atomic E-state index is 11.8. The molecule has 1 heterocycles. The molecule has 18 heavy (non-hydrogen) atoms. The van der Waals surface area contributed by atoms with Crippen molar-refractivity contribution >= 4 is 11.6 Å². The van der Waals surface area contributed by atoms with Gasteiger partial charge in [0.05, 0.1) is 0 Å². The van der Waals surface area contributed by atoms with Crippen molar-refractivity contribution in [3.8, 4) is 0 Å². The number of nitrogens with zero attached hydrogens (tertiary/aromatic N) is 2. The Morgan fingerprint density at radius 3 is 2.61 bits per heavy atom. The van der Waals surface area contributed by atoms with Crippen LogP contribution in [0.1, 0.15) is 16.1 Å². The third kappa shape index (κ3) is 2.95. The fraction of sp³-hybridized carbons (Fsp3) is 0.231. The molecule has 2 rings (SSSR count). The van der Waals surface area contributed by atoms with E-state index in [9.17, 15) is 4.79 Å². The number of benzene rings is 1. The molecule has 1 amide bonds. The van der Waals surface area contributed by atoms with E-state index < -0.39 is 0 Å². The molecule has 0 spiro atoms. The number of nitrogens with two attached hydrogens (primary N) is 1. The van der Waals surface area contributed by atoms with Gasteiger partial charge in [0.15, 0.2) is 5.69 Å². The summed E-state index contributed by atoms with van der Waals surface area (Å²) < 4.78 is 1.60. The Bertz CT molecular complexity index is 530. The minimum Gasteiger partial charge on any atom is -0.330 e. The Morgan fingerprint density at radius 1 is 1.33 bits per heavy atom. The van der Waals surface area contributed by atoms with Crippen LogP contribution in [0, 0.1) is 0 Å². The van der Waals surface area contributed by atoms with E-state index in [4.69, 9.17) is 5.73 Å². The summed E-state index contributed by atoms with van der Waals surface area (Å²) in [5, 5.41) is 6.84. The van der Waals surface area contributed by atoms with E-state index in [0.717, 1.165) is 17.7 Å². The van der Waals surface area contributed by atoms with Crippen molar-refractivity contribution in [1.82, 2.24) is 9.78 Å². The molecule has 5 nitrogen and oxygen atoms in total. The largest absolute Gasteiger partial charge is 0.330 e. The first-order chi connectivity index (χ1) is 8.69. The summed E-state index contributed by atoms with van der Waals surface area (Å²) in [6, 6.07) is 9.33. The zero-order valence-corrected chi connectivity index (χ0v) is 10.3. The van der Waals surface area contributed by atoms with Gasteiger partial charge in [-0.2, -0.15) is 5.10 Å². The monoisotopic (exact) mass is 244 g/mol. The molecule has 0 aliphatic heterocycles. The fourth-order valence-electron chi connectivity index (χ4n) is 1.65. The molecule has 94 valence electrons. The van der Waals surface area contributed by atoms with E-state index in [1.807, 2.05) is 24.3 Å². The van der Waals surface area contributed by atoms with E-state index in [-0.39, 0.29) is 5.91 Å². The van der Waals surface area contributed by atoms with Crippen LogP contribution in [0.2, 0.25) is 0 Å². The number of hydrogen-bond acceptors (Lipinski definition) is 3. The molecule has 0 unspecified atom stereocenters. The topological polar surface area (TPSA) is 72.9 Å². The van der Waals surface area contributed by atoms with Crippen molar-refractivity contribution in [3.05, 3.63) is 47.8 Å². The molecular formula is C13H16N4O. The van der Waals surface area contributed by atoms with Crippen LogP contribution in [-0.2, 0) is 13.5 Å². The Hall–Kier alpha value is -2.14. The Balaban J connectivity index is 2.03. The number of aryl methyl sites for hydroxylation is 1. The van der Waals surface area contributed by atoms with E-state index in [1.54, 1.807) is 24.0 Å². The van der Waals surface area contributed by atoms with Crippen LogP contribution in [0.3, 0.4) is 0 Å². The highest BCUT2D eigenvalue weighted by Gasteiger charge is 2.08. The lowest BCUT2D eigenvalue weighted by Crippen LogP contribution is -2.13. The van der Waals surface area contributed by atoms with Crippen LogP contribution in [0.5, 0.6) is 0 Å². The van der Waals surface area contributed by atoms with Crippen molar-refractivity contribution in [3.63, 3.8) is 0 Å². The molecular weight excluding hydrogens is 228 g/mol. The van der Waals surface area contributed by atoms with Crippen molar-refractivity contribution in [2.75, 3.05) is 11.9 Å². The number of aromatic nitrogens is 2. The number of carbonyl (C=O) groups is 1. The third-order valence-electron chi connectivity index (χ3n) is 2.59. The van der Waals surface area contributed by atoms with Crippen molar-refractivity contribution in [1.29, 1.82) is 0 Å². The smallest absolute Gasteiger partial charge is 0.276 e. The molecule has 3 N–H and O–H groups in total. The maximum atomic E-state index is 11.8. The minimum atomic E-state index is -0.206. The molecule has 0 saturated heterocycles. The van der Waals surface area contributed by atoms with Gasteiger partial charge in [0.25, 0.3) is 5.91 Å². The van der Waals surface area contributed by atoms with Gasteiger partial charge in [-0.3, -0.25) is 9.48 Å². The second kappa shape index (κ2) is 5.46. The quantitative estimate of drug-likeness (QED) is 0.848. The average Bonchev–Trinajstić information content (AvgIpc) is 2.79. The van der Waals surface area contributed by atoms with Crippen LogP contribution in [0.4, 0.5) is 5.69 Å². The molecule has 0 aliphatic carbocycles. The third-order valence-corrected chi connectivity index (χ3v) is 2.59. The van der Waals surface area contributed by atoms with Crippen molar-refractivity contribution in [2.24, 2.45) is 12.8 Å². The van der Waals surface area contributed by atoms with Gasteiger partial charge in [-0.1, -0.05) is 12.1 Å². The zero-order valence-electron chi connectivity index (χ0n) is 10.3. The number of carbonyl (C=O) groups excluding carboxylic acids is 1. The summed E-state index contributed by atoms with van der Waals surface area (Å²) in [7, 11) is 1.78. The molecule has 0 bridgehead atoms. The molecule has 0 radical (unpaired) electrons. The molecule has 0 atom stereocenters. The maximum Gasteiger partial charge on any atom is 0.276 e. The predicted molar refractivity (Wildman–Crippen MR) is 70.4 cm³/mol. The second-order valence-electron chi connectivity index (χ2n) is 4.06. The lowest BCUT2D eigenvalue weighted by molar-refractivity contribution is 0.102. The number of anilines is 1. The highest BCUT2D eigenvalue weighted by Crippen LogP contribution is 2.11. The second-order valence-corrected chi connectivity index (χ2v) is 4.06. The van der Waals surface area contributed by atoms with Gasteiger partial charge in [-0.05, 0) is 36.7 Å². The summed E-state index contributed by atoms with van der Waals surface area (Å²) in [5.41, 5.74) is 7.80. The average molecular weight is 244 g/mol. The van der Waals surface area contributed by atoms with Gasteiger partial charge in [0.2, 0.25) is 0 Å². The zero-order chi connectivity index (χ0) is 13.0. The van der Waals surface area contributed by atoms with Crippen molar-refractivity contribution in [2.45, 2.75) is 6.42 Å². The Morgan fingerprint density at radius 2 is 2.06 bits per heavy atom. The number of nitrogens with one attached hydrogen (secondary N) is 1. The van der Waals surface area contributed by atoms with Gasteiger partial charge in [0, 0.05) is 18.9 Å². The van der Waals surface area contributed by atoms with Crippen molar-refractivity contribution < 1.29 is 4.79 Å². The van der Waals surface area contributed by atoms with Crippen LogP contribution in [0.15, 0.2) is 36.5 Å². The lowest BCUT2D eigenvalue weighted by Gasteiger charge is -2.04. The first-order valence-corrected chi connectivity index (χ1v) is 5.79. The summed E-state index contributed by atoms with van der Waals surface area (Å²) >= 11 is 0. The first-order valence-electron chi connectivity index (χ1n) is 5.79. The van der Waals surface area contributed by atoms with Crippen LogP contribution in [-0.4, -0.2) is 22.2 Å². The normalized spacial score (nSPS) is 10.3. The van der Waals surface area contributed by atoms with Gasteiger partial charge in [-0.25, -0.2) is 0 Å². The summed E-state index contributed by atoms with van der Waals surface area (Å²) in [6.45, 7) is 0.625. The van der Waals surface area contributed by atoms with E-state index in [1.165, 1.54) is 0 Å². The Labute approximate surface area is 106 Å². The Kier molecular flexibility index (Phi) is 3.74. The van der Waals surface area contributed by atoms with Gasteiger partial charge < -0.3 is 11.1 Å². The summed E-state index contributed by atoms with van der Waals surface area (Å²) in [5.74, 6) is -0.206. The highest BCUT2D eigenvalue weighted by atomic mass is 16.1. The molecule has 5 heteroatoms. The molecule has 0 saturated carbocycles. The number of hydrogen-bond donors (Lipinski definition) is 2. The highest BCUT2D eigenvalue weighted by molar-refractivity contribution is 6.02. The number of amides is 1. The lowest BCUT2D eigenvalue weighted by atomic mass is 10.1. The first kappa shape index (κ1) is 12.3. The molecule has 1 aromatic heterocycles. The van der Waals surface area contributed by atoms with E-state index in [0.29, 0.717) is 12.2 Å². The van der Waals surface area contributed by atoms with Crippen LogP contribution >= 0.6 is 0 Å². The molecule has 0 fully saturated rings. The van der Waals surface area contributed by atoms with Gasteiger partial charge in [-0.15, -0.1) is 0 Å². The predicted octanol–water partition coefficient (Wildman–Crippen LogP) is 1.17. The van der Waals surface area contributed by atoms with Crippen LogP contribution in [0.25, 0.3) is 0 Å². The van der Waals surface area contributed by atoms with E-state index in [2.05, 4.69) is 10.4 Å². The SMILES string of the molecule is Cn1ccc(C(=O)Nc2ccc(CCN)cc2)n1.